The smallest absolute Gasteiger partial charge is 0.306 e. The van der Waals surface area contributed by atoms with E-state index in [1.54, 1.807) is 0 Å². The Morgan fingerprint density at radius 3 is 1.77 bits per heavy atom. The van der Waals surface area contributed by atoms with Gasteiger partial charge in [-0.3, -0.25) is 19.3 Å². The van der Waals surface area contributed by atoms with E-state index in [1.165, 1.54) is 94.8 Å². The molecule has 0 saturated heterocycles. The van der Waals surface area contributed by atoms with E-state index in [0.717, 1.165) is 59.1 Å². The van der Waals surface area contributed by atoms with Crippen LogP contribution in [0.2, 0.25) is 0 Å². The first-order valence-corrected chi connectivity index (χ1v) is 19.6. The molecule has 2 aliphatic carbocycles. The highest BCUT2D eigenvalue weighted by atomic mass is 16.5. The van der Waals surface area contributed by atoms with Crippen LogP contribution >= 0.6 is 0 Å². The van der Waals surface area contributed by atoms with Crippen molar-refractivity contribution in [2.24, 2.45) is 11.8 Å². The summed E-state index contributed by atoms with van der Waals surface area (Å²) in [6, 6.07) is 15.6. The molecule has 1 heterocycles. The fourth-order valence-electron chi connectivity index (χ4n) is 8.50. The van der Waals surface area contributed by atoms with Crippen molar-refractivity contribution < 1.29 is 19.1 Å². The van der Waals surface area contributed by atoms with Crippen LogP contribution in [0.5, 0.6) is 0 Å². The van der Waals surface area contributed by atoms with Gasteiger partial charge in [0.15, 0.2) is 0 Å². The largest absolute Gasteiger partial charge is 0.460 e. The van der Waals surface area contributed by atoms with Crippen molar-refractivity contribution >= 4 is 39.3 Å². The van der Waals surface area contributed by atoms with Gasteiger partial charge in [0.2, 0.25) is 0 Å². The van der Waals surface area contributed by atoms with E-state index >= 15 is 0 Å². The van der Waals surface area contributed by atoms with Crippen molar-refractivity contribution in [3.8, 4) is 0 Å². The molecule has 2 saturated carbocycles. The van der Waals surface area contributed by atoms with Crippen LogP contribution in [-0.4, -0.2) is 34.8 Å². The van der Waals surface area contributed by atoms with Crippen molar-refractivity contribution in [1.82, 2.24) is 4.90 Å². The Hall–Kier alpha value is -3.21. The summed E-state index contributed by atoms with van der Waals surface area (Å²) in [6.45, 7) is 2.28. The van der Waals surface area contributed by atoms with Crippen molar-refractivity contribution in [3.63, 3.8) is 0 Å². The molecule has 5 nitrogen and oxygen atoms in total. The second-order valence-electron chi connectivity index (χ2n) is 15.1. The number of carbonyl (C=O) groups excluding carboxylic acids is 3. The van der Waals surface area contributed by atoms with E-state index in [2.05, 4.69) is 31.2 Å². The summed E-state index contributed by atoms with van der Waals surface area (Å²) in [5.41, 5.74) is 0.915. The van der Waals surface area contributed by atoms with Crippen LogP contribution in [0.4, 0.5) is 0 Å². The average Bonchev–Trinajstić information content (AvgIpc) is 3.80. The predicted octanol–water partition coefficient (Wildman–Crippen LogP) is 11.3. The molecule has 3 aliphatic rings. The Morgan fingerprint density at radius 1 is 0.667 bits per heavy atom. The lowest BCUT2D eigenvalue weighted by molar-refractivity contribution is -0.153. The molecule has 2 fully saturated rings. The molecule has 2 amide bonds. The zero-order valence-corrected chi connectivity index (χ0v) is 29.4. The third kappa shape index (κ3) is 8.68. The van der Waals surface area contributed by atoms with Crippen LogP contribution in [0.15, 0.2) is 48.5 Å². The first-order chi connectivity index (χ1) is 23.5. The van der Waals surface area contributed by atoms with E-state index in [4.69, 9.17) is 4.74 Å². The van der Waals surface area contributed by atoms with Crippen LogP contribution in [0.3, 0.4) is 0 Å². The Kier molecular flexibility index (Phi) is 12.2. The third-order valence-corrected chi connectivity index (χ3v) is 11.5. The van der Waals surface area contributed by atoms with Crippen LogP contribution < -0.4 is 0 Å². The molecule has 258 valence electrons. The topological polar surface area (TPSA) is 63.7 Å². The van der Waals surface area contributed by atoms with Gasteiger partial charge in [-0.1, -0.05) is 128 Å². The second-order valence-corrected chi connectivity index (χ2v) is 15.1. The summed E-state index contributed by atoms with van der Waals surface area (Å²) in [4.78, 5) is 41.7. The lowest BCUT2D eigenvalue weighted by atomic mass is 9.91. The van der Waals surface area contributed by atoms with Gasteiger partial charge in [-0.05, 0) is 89.8 Å². The molecule has 6 rings (SSSR count). The lowest BCUT2D eigenvalue weighted by Crippen LogP contribution is -2.49. The number of fused-ring (bicyclic) bond motifs is 3. The van der Waals surface area contributed by atoms with Gasteiger partial charge in [0.25, 0.3) is 11.8 Å². The summed E-state index contributed by atoms with van der Waals surface area (Å²) >= 11 is 0. The number of nitrogens with zero attached hydrogens (tertiary/aromatic N) is 1. The molecular weight excluding hydrogens is 594 g/mol. The first-order valence-electron chi connectivity index (χ1n) is 19.6. The fourth-order valence-corrected chi connectivity index (χ4v) is 8.50. The number of esters is 1. The Balaban J connectivity index is 0.889. The number of hydrogen-bond acceptors (Lipinski definition) is 4. The van der Waals surface area contributed by atoms with Crippen LogP contribution in [0.25, 0.3) is 21.5 Å². The number of unbranched alkanes of at least 4 members (excludes halogenated alkanes) is 11. The van der Waals surface area contributed by atoms with Crippen LogP contribution in [-0.2, 0) is 9.53 Å². The Labute approximate surface area is 288 Å². The zero-order valence-electron chi connectivity index (χ0n) is 29.4. The van der Waals surface area contributed by atoms with E-state index in [0.29, 0.717) is 30.4 Å². The second kappa shape index (κ2) is 16.9. The monoisotopic (exact) mass is 651 g/mol. The molecule has 0 spiro atoms. The van der Waals surface area contributed by atoms with Gasteiger partial charge in [0.1, 0.15) is 6.10 Å². The maximum absolute atomic E-state index is 13.7. The summed E-state index contributed by atoms with van der Waals surface area (Å²) in [5.74, 6) is 1.27. The number of ether oxygens (including phenoxy) is 1. The predicted molar refractivity (Wildman–Crippen MR) is 195 cm³/mol. The Bertz CT molecular complexity index is 1490. The third-order valence-electron chi connectivity index (χ3n) is 11.5. The van der Waals surface area contributed by atoms with Gasteiger partial charge in [-0.15, -0.1) is 0 Å². The van der Waals surface area contributed by atoms with E-state index in [9.17, 15) is 14.4 Å². The number of hydrogen-bond donors (Lipinski definition) is 0. The van der Waals surface area contributed by atoms with Crippen molar-refractivity contribution in [3.05, 3.63) is 59.7 Å². The minimum absolute atomic E-state index is 0.192. The van der Waals surface area contributed by atoms with Gasteiger partial charge in [-0.25, -0.2) is 0 Å². The maximum Gasteiger partial charge on any atom is 0.306 e. The molecule has 0 N–H and O–H groups in total. The number of imide groups is 1. The summed E-state index contributed by atoms with van der Waals surface area (Å²) in [6.07, 6.45) is 24.4. The number of amides is 2. The standard InChI is InChI=1S/C43H57NO4/c1-2-3-4-5-6-7-9-12-19-31-26-32(31)20-13-10-8-11-14-25-41(45)48-40-24-18-17-23-39(40)44-42(46)37-29-35-27-33-21-15-16-22-34(33)28-36(35)30-38(37)43(44)47/h15-16,21-22,27-32,39-40H,2-14,17-20,23-26H2,1H3/t31-,32+,39-,40-/m1/s1. The highest BCUT2D eigenvalue weighted by Crippen LogP contribution is 2.46. The zero-order chi connectivity index (χ0) is 33.3. The highest BCUT2D eigenvalue weighted by Gasteiger charge is 2.45. The molecule has 0 bridgehead atoms. The number of benzene rings is 3. The van der Waals surface area contributed by atoms with E-state index in [-0.39, 0.29) is 17.8 Å². The fraction of sp³-hybridized carbons (Fsp3) is 0.605. The van der Waals surface area contributed by atoms with E-state index < -0.39 is 12.1 Å². The number of rotatable bonds is 19. The van der Waals surface area contributed by atoms with Crippen molar-refractivity contribution in [1.29, 1.82) is 0 Å². The SMILES string of the molecule is CCCCCCCCCC[C@@H]1C[C@@H]1CCCCCCCC(=O)O[C@@H]1CCCC[C@H]1N1C(=O)c2cc3cc4ccccc4cc3cc2C1=O. The van der Waals surface area contributed by atoms with Crippen LogP contribution in [0.1, 0.15) is 162 Å². The molecule has 0 aromatic heterocycles. The van der Waals surface area contributed by atoms with Crippen LogP contribution in [0, 0.1) is 11.8 Å². The average molecular weight is 652 g/mol. The summed E-state index contributed by atoms with van der Waals surface area (Å²) in [5, 5.41) is 4.11. The minimum Gasteiger partial charge on any atom is -0.460 e. The molecule has 1 aliphatic heterocycles. The molecule has 3 aromatic rings. The first kappa shape index (κ1) is 34.6. The molecule has 3 aromatic carbocycles. The molecule has 0 radical (unpaired) electrons. The van der Waals surface area contributed by atoms with Gasteiger partial charge in [-0.2, -0.15) is 0 Å². The summed E-state index contributed by atoms with van der Waals surface area (Å²) < 4.78 is 6.01. The highest BCUT2D eigenvalue weighted by molar-refractivity contribution is 6.23. The van der Waals surface area contributed by atoms with Gasteiger partial charge in [0, 0.05) is 6.42 Å². The van der Waals surface area contributed by atoms with Gasteiger partial charge in [0.05, 0.1) is 17.2 Å². The number of carbonyl (C=O) groups is 3. The van der Waals surface area contributed by atoms with Crippen molar-refractivity contribution in [2.75, 3.05) is 0 Å². The Morgan fingerprint density at radius 2 is 1.19 bits per heavy atom. The van der Waals surface area contributed by atoms with Crippen molar-refractivity contribution in [2.45, 2.75) is 154 Å². The lowest BCUT2D eigenvalue weighted by Gasteiger charge is -2.36. The van der Waals surface area contributed by atoms with Gasteiger partial charge < -0.3 is 4.74 Å². The molecule has 4 atom stereocenters. The summed E-state index contributed by atoms with van der Waals surface area (Å²) in [7, 11) is 0. The van der Waals surface area contributed by atoms with Gasteiger partial charge >= 0.3 is 5.97 Å². The quantitative estimate of drug-likeness (QED) is 0.0560. The molecule has 48 heavy (non-hydrogen) atoms. The molecule has 0 unspecified atom stereocenters. The minimum atomic E-state index is -0.428. The maximum atomic E-state index is 13.7. The molecule has 5 heteroatoms. The molecular formula is C43H57NO4. The normalized spacial score (nSPS) is 22.1. The van der Waals surface area contributed by atoms with E-state index in [1.807, 2.05) is 24.3 Å².